The molecule has 2 aromatic rings. The predicted molar refractivity (Wildman–Crippen MR) is 81.0 cm³/mol. The second kappa shape index (κ2) is 6.37. The van der Waals surface area contributed by atoms with Gasteiger partial charge in [0.25, 0.3) is 0 Å². The Bertz CT molecular complexity index is 709. The molecule has 0 unspecified atom stereocenters. The number of hydrogen-bond acceptors (Lipinski definition) is 2. The minimum Gasteiger partial charge on any atom is -0.207 e. The van der Waals surface area contributed by atoms with E-state index in [1.54, 1.807) is 0 Å². The van der Waals surface area contributed by atoms with Crippen LogP contribution in [0, 0.1) is 5.82 Å². The average molecular weight is 307 g/mol. The summed E-state index contributed by atoms with van der Waals surface area (Å²) < 4.78 is 40.0. The predicted octanol–water partition coefficient (Wildman–Crippen LogP) is 3.43. The Hall–Kier alpha value is -1.72. The van der Waals surface area contributed by atoms with Gasteiger partial charge in [-0.25, -0.2) is 17.5 Å². The van der Waals surface area contributed by atoms with E-state index in [1.165, 1.54) is 23.8 Å². The third-order valence-corrected chi connectivity index (χ3v) is 4.67. The van der Waals surface area contributed by atoms with Crippen LogP contribution in [0.4, 0.5) is 4.39 Å². The van der Waals surface area contributed by atoms with Gasteiger partial charge in [-0.15, -0.1) is 0 Å². The molecule has 0 aliphatic carbocycles. The summed E-state index contributed by atoms with van der Waals surface area (Å²) in [5.74, 6) is -0.325. The van der Waals surface area contributed by atoms with Gasteiger partial charge >= 0.3 is 0 Å². The van der Waals surface area contributed by atoms with Gasteiger partial charge in [0.15, 0.2) is 0 Å². The summed E-state index contributed by atoms with van der Waals surface area (Å²) in [6, 6.07) is 13.0. The van der Waals surface area contributed by atoms with Crippen LogP contribution >= 0.6 is 0 Å². The summed E-state index contributed by atoms with van der Waals surface area (Å²) in [5, 5.41) is 0. The number of rotatable bonds is 5. The highest BCUT2D eigenvalue weighted by Crippen LogP contribution is 2.16. The van der Waals surface area contributed by atoms with Gasteiger partial charge in [0.05, 0.1) is 0 Å². The fraction of sp³-hybridized carbons (Fsp3) is 0.250. The summed E-state index contributed by atoms with van der Waals surface area (Å²) in [6.45, 7) is 4.32. The second-order valence-corrected chi connectivity index (χ2v) is 6.89. The van der Waals surface area contributed by atoms with Crippen molar-refractivity contribution in [3.05, 3.63) is 65.5 Å². The van der Waals surface area contributed by atoms with Crippen LogP contribution in [-0.4, -0.2) is 8.42 Å². The topological polar surface area (TPSA) is 46.2 Å². The molecule has 0 aliphatic heterocycles. The lowest BCUT2D eigenvalue weighted by Crippen LogP contribution is -2.24. The summed E-state index contributed by atoms with van der Waals surface area (Å²) in [6.07, 6.45) is 0. The molecule has 0 saturated heterocycles. The molecule has 3 nitrogen and oxygen atoms in total. The first-order valence-electron chi connectivity index (χ1n) is 6.73. The van der Waals surface area contributed by atoms with Gasteiger partial charge in [-0.1, -0.05) is 50.2 Å². The minimum absolute atomic E-state index is 0.134. The molecule has 2 aromatic carbocycles. The summed E-state index contributed by atoms with van der Waals surface area (Å²) >= 11 is 0. The van der Waals surface area contributed by atoms with E-state index in [0.29, 0.717) is 5.92 Å². The van der Waals surface area contributed by atoms with Crippen molar-refractivity contribution in [3.8, 4) is 0 Å². The molecule has 0 bridgehead atoms. The molecule has 0 aliphatic rings. The Labute approximate surface area is 124 Å². The number of halogens is 1. The zero-order valence-electron chi connectivity index (χ0n) is 12.0. The third kappa shape index (κ3) is 3.89. The maximum Gasteiger partial charge on any atom is 0.243 e. The number of benzene rings is 2. The highest BCUT2D eigenvalue weighted by atomic mass is 32.2. The van der Waals surface area contributed by atoms with Crippen molar-refractivity contribution in [3.63, 3.8) is 0 Å². The smallest absolute Gasteiger partial charge is 0.207 e. The molecule has 0 aromatic heterocycles. The zero-order chi connectivity index (χ0) is 15.5. The van der Waals surface area contributed by atoms with E-state index in [1.807, 2.05) is 24.3 Å². The van der Waals surface area contributed by atoms with Crippen molar-refractivity contribution in [1.82, 2.24) is 4.72 Å². The molecule has 1 N–H and O–H groups in total. The maximum absolute atomic E-state index is 13.5. The van der Waals surface area contributed by atoms with Crippen molar-refractivity contribution < 1.29 is 12.8 Å². The summed E-state index contributed by atoms with van der Waals surface area (Å²) in [7, 11) is -3.84. The molecule has 5 heteroatoms. The van der Waals surface area contributed by atoms with Crippen LogP contribution in [0.5, 0.6) is 0 Å². The first-order valence-corrected chi connectivity index (χ1v) is 8.21. The van der Waals surface area contributed by atoms with E-state index in [9.17, 15) is 12.8 Å². The highest BCUT2D eigenvalue weighted by Gasteiger charge is 2.17. The molecule has 0 atom stereocenters. The van der Waals surface area contributed by atoms with Gasteiger partial charge < -0.3 is 0 Å². The largest absolute Gasteiger partial charge is 0.243 e. The fourth-order valence-corrected chi connectivity index (χ4v) is 3.03. The summed E-state index contributed by atoms with van der Waals surface area (Å²) in [4.78, 5) is -0.330. The van der Waals surface area contributed by atoms with E-state index in [4.69, 9.17) is 0 Å². The Morgan fingerprint density at radius 1 is 1.05 bits per heavy atom. The molecule has 0 spiro atoms. The molecule has 2 rings (SSSR count). The Kier molecular flexibility index (Phi) is 4.75. The number of hydrogen-bond donors (Lipinski definition) is 1. The Morgan fingerprint density at radius 3 is 2.24 bits per heavy atom. The molecule has 112 valence electrons. The van der Waals surface area contributed by atoms with Gasteiger partial charge in [-0.3, -0.25) is 0 Å². The second-order valence-electron chi connectivity index (χ2n) is 5.15. The van der Waals surface area contributed by atoms with Crippen LogP contribution < -0.4 is 4.72 Å². The quantitative estimate of drug-likeness (QED) is 0.920. The zero-order valence-corrected chi connectivity index (χ0v) is 12.8. The van der Waals surface area contributed by atoms with Crippen LogP contribution in [0.15, 0.2) is 53.4 Å². The van der Waals surface area contributed by atoms with Crippen LogP contribution in [0.25, 0.3) is 0 Å². The highest BCUT2D eigenvalue weighted by molar-refractivity contribution is 7.89. The van der Waals surface area contributed by atoms with Gasteiger partial charge in [-0.2, -0.15) is 0 Å². The Morgan fingerprint density at radius 2 is 1.67 bits per heavy atom. The van der Waals surface area contributed by atoms with Crippen LogP contribution in [0.3, 0.4) is 0 Å². The van der Waals surface area contributed by atoms with Crippen molar-refractivity contribution in [2.75, 3.05) is 0 Å². The molecular weight excluding hydrogens is 289 g/mol. The van der Waals surface area contributed by atoms with E-state index in [-0.39, 0.29) is 11.4 Å². The molecular formula is C16H18FNO2S. The average Bonchev–Trinajstić information content (AvgIpc) is 2.46. The minimum atomic E-state index is -3.84. The maximum atomic E-state index is 13.5. The lowest BCUT2D eigenvalue weighted by Gasteiger charge is -2.09. The summed E-state index contributed by atoms with van der Waals surface area (Å²) in [5.41, 5.74) is 2.02. The lowest BCUT2D eigenvalue weighted by molar-refractivity contribution is 0.557. The SMILES string of the molecule is CC(C)c1ccc(CNS(=O)(=O)c2ccccc2F)cc1. The van der Waals surface area contributed by atoms with Crippen molar-refractivity contribution >= 4 is 10.0 Å². The molecule has 0 saturated carbocycles. The van der Waals surface area contributed by atoms with Gasteiger partial charge in [0.2, 0.25) is 10.0 Å². The van der Waals surface area contributed by atoms with E-state index in [0.717, 1.165) is 11.6 Å². The molecule has 0 fully saturated rings. The Balaban J connectivity index is 2.10. The normalized spacial score (nSPS) is 11.8. The van der Waals surface area contributed by atoms with E-state index in [2.05, 4.69) is 18.6 Å². The van der Waals surface area contributed by atoms with Crippen molar-refractivity contribution in [1.29, 1.82) is 0 Å². The van der Waals surface area contributed by atoms with Crippen molar-refractivity contribution in [2.45, 2.75) is 31.2 Å². The van der Waals surface area contributed by atoms with Crippen LogP contribution in [0.2, 0.25) is 0 Å². The molecule has 0 radical (unpaired) electrons. The molecule has 0 heterocycles. The van der Waals surface area contributed by atoms with Gasteiger partial charge in [0.1, 0.15) is 10.7 Å². The lowest BCUT2D eigenvalue weighted by atomic mass is 10.0. The first-order chi connectivity index (χ1) is 9.90. The van der Waals surface area contributed by atoms with Gasteiger partial charge in [0, 0.05) is 6.54 Å². The van der Waals surface area contributed by atoms with Crippen LogP contribution in [0.1, 0.15) is 30.9 Å². The van der Waals surface area contributed by atoms with Crippen molar-refractivity contribution in [2.24, 2.45) is 0 Å². The fourth-order valence-electron chi connectivity index (χ4n) is 1.94. The monoisotopic (exact) mass is 307 g/mol. The molecule has 0 amide bonds. The van der Waals surface area contributed by atoms with Crippen LogP contribution in [-0.2, 0) is 16.6 Å². The number of nitrogens with one attached hydrogen (secondary N) is 1. The third-order valence-electron chi connectivity index (χ3n) is 3.24. The van der Waals surface area contributed by atoms with E-state index >= 15 is 0 Å². The standard InChI is InChI=1S/C16H18FNO2S/c1-12(2)14-9-7-13(8-10-14)11-18-21(19,20)16-6-4-3-5-15(16)17/h3-10,12,18H,11H2,1-2H3. The van der Waals surface area contributed by atoms with Gasteiger partial charge in [-0.05, 0) is 29.2 Å². The van der Waals surface area contributed by atoms with E-state index < -0.39 is 15.8 Å². The molecule has 21 heavy (non-hydrogen) atoms. The first kappa shape index (κ1) is 15.7. The number of sulfonamides is 1.